The number of amides is 1. The van der Waals surface area contributed by atoms with Crippen LogP contribution >= 0.6 is 44.1 Å². The van der Waals surface area contributed by atoms with E-state index >= 15 is 0 Å². The lowest BCUT2D eigenvalue weighted by Crippen LogP contribution is -2.34. The van der Waals surface area contributed by atoms with Crippen LogP contribution < -0.4 is 15.4 Å². The van der Waals surface area contributed by atoms with Gasteiger partial charge >= 0.3 is 0 Å². The molecule has 132 valence electrons. The maximum absolute atomic E-state index is 12.6. The maximum atomic E-state index is 12.6. The summed E-state index contributed by atoms with van der Waals surface area (Å²) in [5.74, 6) is 0.438. The van der Waals surface area contributed by atoms with Crippen molar-refractivity contribution in [3.63, 3.8) is 0 Å². The second kappa shape index (κ2) is 8.78. The molecule has 0 saturated carbocycles. The third kappa shape index (κ3) is 5.03. The smallest absolute Gasteiger partial charge is 0.261 e. The number of benzene rings is 2. The molecule has 0 atom stereocenters. The number of ether oxygens (including phenoxy) is 1. The van der Waals surface area contributed by atoms with E-state index < -0.39 is 0 Å². The lowest BCUT2D eigenvalue weighted by atomic mass is 10.0. The SMILES string of the molecule is COc1c(Br)cc(Br)cc1C(=O)NC(=S)Nc1ccccc1C(C)C. The molecule has 2 aromatic rings. The van der Waals surface area contributed by atoms with Crippen molar-refractivity contribution in [3.8, 4) is 5.75 Å². The van der Waals surface area contributed by atoms with E-state index in [9.17, 15) is 4.79 Å². The molecule has 0 unspecified atom stereocenters. The number of carbonyl (C=O) groups is 1. The van der Waals surface area contributed by atoms with Crippen molar-refractivity contribution in [1.29, 1.82) is 0 Å². The number of hydrogen-bond acceptors (Lipinski definition) is 3. The first-order valence-corrected chi connectivity index (χ1v) is 9.57. The fourth-order valence-corrected chi connectivity index (χ4v) is 3.96. The Kier molecular flexibility index (Phi) is 6.98. The largest absolute Gasteiger partial charge is 0.495 e. The molecule has 0 aromatic heterocycles. The molecule has 0 fully saturated rings. The van der Waals surface area contributed by atoms with Crippen LogP contribution in [0.15, 0.2) is 45.3 Å². The van der Waals surface area contributed by atoms with Crippen molar-refractivity contribution < 1.29 is 9.53 Å². The number of thiocarbonyl (C=S) groups is 1. The van der Waals surface area contributed by atoms with Crippen LogP contribution in [0.5, 0.6) is 5.75 Å². The van der Waals surface area contributed by atoms with Crippen molar-refractivity contribution in [2.24, 2.45) is 0 Å². The normalized spacial score (nSPS) is 10.5. The van der Waals surface area contributed by atoms with E-state index in [1.165, 1.54) is 7.11 Å². The molecule has 0 aliphatic carbocycles. The maximum Gasteiger partial charge on any atom is 0.261 e. The first-order chi connectivity index (χ1) is 11.8. The van der Waals surface area contributed by atoms with Gasteiger partial charge in [-0.25, -0.2) is 0 Å². The van der Waals surface area contributed by atoms with E-state index in [1.54, 1.807) is 6.07 Å². The number of para-hydroxylation sites is 1. The van der Waals surface area contributed by atoms with Crippen molar-refractivity contribution in [3.05, 3.63) is 56.5 Å². The molecular weight excluding hydrogens is 468 g/mol. The number of methoxy groups -OCH3 is 1. The van der Waals surface area contributed by atoms with Crippen LogP contribution in [0.3, 0.4) is 0 Å². The summed E-state index contributed by atoms with van der Waals surface area (Å²) in [5, 5.41) is 6.03. The Hall–Kier alpha value is -1.44. The molecule has 1 amide bonds. The zero-order valence-corrected chi connectivity index (χ0v) is 18.0. The van der Waals surface area contributed by atoms with E-state index in [-0.39, 0.29) is 11.0 Å². The predicted molar refractivity (Wildman–Crippen MR) is 113 cm³/mol. The quantitative estimate of drug-likeness (QED) is 0.563. The van der Waals surface area contributed by atoms with Gasteiger partial charge in [0.05, 0.1) is 17.1 Å². The Bertz CT molecular complexity index is 810. The zero-order chi connectivity index (χ0) is 18.6. The van der Waals surface area contributed by atoms with Gasteiger partial charge in [-0.1, -0.05) is 48.0 Å². The summed E-state index contributed by atoms with van der Waals surface area (Å²) < 4.78 is 6.75. The third-order valence-corrected chi connectivity index (χ3v) is 4.77. The highest BCUT2D eigenvalue weighted by molar-refractivity contribution is 9.11. The summed E-state index contributed by atoms with van der Waals surface area (Å²) in [4.78, 5) is 12.6. The lowest BCUT2D eigenvalue weighted by molar-refractivity contribution is 0.0974. The van der Waals surface area contributed by atoms with Crippen LogP contribution in [0, 0.1) is 0 Å². The topological polar surface area (TPSA) is 50.4 Å². The van der Waals surface area contributed by atoms with Gasteiger partial charge in [0.15, 0.2) is 5.11 Å². The second-order valence-electron chi connectivity index (χ2n) is 5.62. The van der Waals surface area contributed by atoms with Gasteiger partial charge < -0.3 is 10.1 Å². The van der Waals surface area contributed by atoms with Crippen LogP contribution in [0.4, 0.5) is 5.69 Å². The van der Waals surface area contributed by atoms with E-state index in [0.717, 1.165) is 15.7 Å². The summed E-state index contributed by atoms with van der Waals surface area (Å²) in [6.07, 6.45) is 0. The van der Waals surface area contributed by atoms with Crippen molar-refractivity contribution >= 4 is 60.8 Å². The fourth-order valence-electron chi connectivity index (χ4n) is 2.37. The molecule has 0 aliphatic rings. The van der Waals surface area contributed by atoms with Gasteiger partial charge in [-0.15, -0.1) is 0 Å². The Morgan fingerprint density at radius 3 is 2.52 bits per heavy atom. The summed E-state index contributed by atoms with van der Waals surface area (Å²) >= 11 is 12.1. The average molecular weight is 486 g/mol. The molecular formula is C18H18Br2N2O2S. The van der Waals surface area contributed by atoms with Crippen LogP contribution in [0.25, 0.3) is 0 Å². The van der Waals surface area contributed by atoms with Gasteiger partial charge in [0.1, 0.15) is 5.75 Å². The zero-order valence-electron chi connectivity index (χ0n) is 14.0. The van der Waals surface area contributed by atoms with Crippen molar-refractivity contribution in [2.45, 2.75) is 19.8 Å². The molecule has 0 spiro atoms. The first-order valence-electron chi connectivity index (χ1n) is 7.57. The van der Waals surface area contributed by atoms with Crippen LogP contribution in [0.1, 0.15) is 35.7 Å². The van der Waals surface area contributed by atoms with E-state index in [0.29, 0.717) is 21.7 Å². The molecule has 2 aromatic carbocycles. The van der Waals surface area contributed by atoms with Crippen LogP contribution in [-0.4, -0.2) is 18.1 Å². The number of anilines is 1. The molecule has 4 nitrogen and oxygen atoms in total. The minimum Gasteiger partial charge on any atom is -0.495 e. The highest BCUT2D eigenvalue weighted by Gasteiger charge is 2.18. The van der Waals surface area contributed by atoms with E-state index in [4.69, 9.17) is 17.0 Å². The molecule has 0 bridgehead atoms. The van der Waals surface area contributed by atoms with E-state index in [1.807, 2.05) is 30.3 Å². The third-order valence-electron chi connectivity index (χ3n) is 3.52. The van der Waals surface area contributed by atoms with Gasteiger partial charge in [0.25, 0.3) is 5.91 Å². The van der Waals surface area contributed by atoms with Gasteiger partial charge in [-0.3, -0.25) is 10.1 Å². The van der Waals surface area contributed by atoms with Crippen molar-refractivity contribution in [1.82, 2.24) is 5.32 Å². The van der Waals surface area contributed by atoms with Gasteiger partial charge in [0, 0.05) is 10.2 Å². The minimum atomic E-state index is -0.349. The van der Waals surface area contributed by atoms with Crippen LogP contribution in [-0.2, 0) is 0 Å². The van der Waals surface area contributed by atoms with Crippen LogP contribution in [0.2, 0.25) is 0 Å². The highest BCUT2D eigenvalue weighted by atomic mass is 79.9. The predicted octanol–water partition coefficient (Wildman–Crippen LogP) is 5.47. The molecule has 0 heterocycles. The Morgan fingerprint density at radius 2 is 1.88 bits per heavy atom. The molecule has 0 radical (unpaired) electrons. The monoisotopic (exact) mass is 484 g/mol. The molecule has 0 saturated heterocycles. The number of halogens is 2. The van der Waals surface area contributed by atoms with Gasteiger partial charge in [-0.05, 0) is 57.8 Å². The average Bonchev–Trinajstić information content (AvgIpc) is 2.54. The second-order valence-corrected chi connectivity index (χ2v) is 7.80. The van der Waals surface area contributed by atoms with Crippen molar-refractivity contribution in [2.75, 3.05) is 12.4 Å². The number of hydrogen-bond donors (Lipinski definition) is 2. The summed E-state index contributed by atoms with van der Waals surface area (Å²) in [5.41, 5.74) is 2.39. The lowest BCUT2D eigenvalue weighted by Gasteiger charge is -2.16. The summed E-state index contributed by atoms with van der Waals surface area (Å²) in [6.45, 7) is 4.21. The summed E-state index contributed by atoms with van der Waals surface area (Å²) in [7, 11) is 1.51. The Balaban J connectivity index is 2.18. The number of nitrogens with one attached hydrogen (secondary N) is 2. The molecule has 7 heteroatoms. The van der Waals surface area contributed by atoms with Gasteiger partial charge in [0.2, 0.25) is 0 Å². The first kappa shape index (κ1) is 19.9. The molecule has 25 heavy (non-hydrogen) atoms. The summed E-state index contributed by atoms with van der Waals surface area (Å²) in [6, 6.07) is 11.4. The fraction of sp³-hybridized carbons (Fsp3) is 0.222. The van der Waals surface area contributed by atoms with Gasteiger partial charge in [-0.2, -0.15) is 0 Å². The standard InChI is InChI=1S/C18H18Br2N2O2S/c1-10(2)12-6-4-5-7-15(12)21-18(25)22-17(23)13-8-11(19)9-14(20)16(13)24-3/h4-10H,1-3H3,(H2,21,22,23,25). The minimum absolute atomic E-state index is 0.233. The molecule has 0 aliphatic heterocycles. The number of rotatable bonds is 4. The van der Waals surface area contributed by atoms with E-state index in [2.05, 4.69) is 56.3 Å². The number of carbonyl (C=O) groups excluding carboxylic acids is 1. The Morgan fingerprint density at radius 1 is 1.20 bits per heavy atom. The molecule has 2 rings (SSSR count). The highest BCUT2D eigenvalue weighted by Crippen LogP contribution is 2.32. The molecule has 2 N–H and O–H groups in total. The Labute approximate surface area is 169 Å².